The molecule has 0 radical (unpaired) electrons. The third-order valence-electron chi connectivity index (χ3n) is 2.99. The molecule has 3 aromatic rings. The summed E-state index contributed by atoms with van der Waals surface area (Å²) in [6.07, 6.45) is -1.15. The van der Waals surface area contributed by atoms with E-state index in [0.29, 0.717) is 4.88 Å². The van der Waals surface area contributed by atoms with Crippen LogP contribution in [0.4, 0.5) is 8.78 Å². The summed E-state index contributed by atoms with van der Waals surface area (Å²) in [5, 5.41) is 11.2. The monoisotopic (exact) mass is 276 g/mol. The van der Waals surface area contributed by atoms with Gasteiger partial charge in [0.05, 0.1) is 0 Å². The zero-order valence-corrected chi connectivity index (χ0v) is 10.6. The quantitative estimate of drug-likeness (QED) is 0.741. The van der Waals surface area contributed by atoms with Crippen molar-refractivity contribution in [1.29, 1.82) is 0 Å². The van der Waals surface area contributed by atoms with Gasteiger partial charge in [-0.25, -0.2) is 8.78 Å². The van der Waals surface area contributed by atoms with Gasteiger partial charge in [0, 0.05) is 15.1 Å². The molecule has 1 atom stereocenters. The second-order valence-electron chi connectivity index (χ2n) is 4.23. The molecule has 0 bridgehead atoms. The first kappa shape index (κ1) is 12.3. The average Bonchev–Trinajstić information content (AvgIpc) is 2.85. The molecule has 1 aromatic heterocycles. The predicted octanol–water partition coefficient (Wildman–Crippen LogP) is 4.26. The van der Waals surface area contributed by atoms with Crippen molar-refractivity contribution >= 4 is 21.4 Å². The van der Waals surface area contributed by atoms with Crippen LogP contribution in [-0.2, 0) is 0 Å². The maximum absolute atomic E-state index is 13.7. The zero-order valence-electron chi connectivity index (χ0n) is 9.81. The summed E-state index contributed by atoms with van der Waals surface area (Å²) in [6.45, 7) is 0. The number of benzene rings is 2. The second kappa shape index (κ2) is 4.72. The number of thiophene rings is 1. The highest BCUT2D eigenvalue weighted by Gasteiger charge is 2.19. The molecule has 1 nitrogen and oxygen atoms in total. The Balaban J connectivity index is 2.08. The Morgan fingerprint density at radius 2 is 1.79 bits per heavy atom. The Hall–Kier alpha value is -1.78. The van der Waals surface area contributed by atoms with E-state index < -0.39 is 17.7 Å². The van der Waals surface area contributed by atoms with Gasteiger partial charge in [0.15, 0.2) is 11.6 Å². The summed E-state index contributed by atoms with van der Waals surface area (Å²) in [5.41, 5.74) is -0.0356. The number of aliphatic hydroxyl groups is 1. The van der Waals surface area contributed by atoms with Crippen LogP contribution in [-0.4, -0.2) is 5.11 Å². The third kappa shape index (κ3) is 2.13. The Bertz CT molecular complexity index is 703. The number of hydrogen-bond donors (Lipinski definition) is 1. The van der Waals surface area contributed by atoms with Crippen LogP contribution in [0.2, 0.25) is 0 Å². The van der Waals surface area contributed by atoms with Gasteiger partial charge in [-0.2, -0.15) is 0 Å². The van der Waals surface area contributed by atoms with Crippen molar-refractivity contribution in [3.8, 4) is 0 Å². The molecule has 1 N–H and O–H groups in total. The van der Waals surface area contributed by atoms with E-state index in [1.54, 1.807) is 6.07 Å². The molecule has 0 saturated carbocycles. The van der Waals surface area contributed by atoms with Gasteiger partial charge in [0.2, 0.25) is 0 Å². The highest BCUT2D eigenvalue weighted by atomic mass is 32.1. The zero-order chi connectivity index (χ0) is 13.4. The van der Waals surface area contributed by atoms with Crippen LogP contribution in [0, 0.1) is 11.6 Å². The van der Waals surface area contributed by atoms with Crippen molar-refractivity contribution in [1.82, 2.24) is 0 Å². The highest BCUT2D eigenvalue weighted by Crippen LogP contribution is 2.34. The number of fused-ring (bicyclic) bond motifs is 1. The lowest BCUT2D eigenvalue weighted by molar-refractivity contribution is 0.217. The molecule has 1 heterocycles. The number of aliphatic hydroxyl groups excluding tert-OH is 1. The molecule has 0 aliphatic carbocycles. The van der Waals surface area contributed by atoms with Gasteiger partial charge in [-0.15, -0.1) is 11.3 Å². The van der Waals surface area contributed by atoms with Gasteiger partial charge in [0.1, 0.15) is 6.10 Å². The standard InChI is InChI=1S/C15H10F2OS/c16-11-6-3-5-10(14(11)17)15(18)13-8-9-4-1-2-7-12(9)19-13/h1-8,15,18H. The first-order chi connectivity index (χ1) is 9.16. The first-order valence-electron chi connectivity index (χ1n) is 5.77. The van der Waals surface area contributed by atoms with Crippen LogP contribution >= 0.6 is 11.3 Å². The smallest absolute Gasteiger partial charge is 0.164 e. The lowest BCUT2D eigenvalue weighted by Gasteiger charge is -2.10. The topological polar surface area (TPSA) is 20.2 Å². The van der Waals surface area contributed by atoms with Crippen LogP contribution in [0.3, 0.4) is 0 Å². The fourth-order valence-electron chi connectivity index (χ4n) is 2.02. The van der Waals surface area contributed by atoms with Gasteiger partial charge in [-0.3, -0.25) is 0 Å². The molecule has 4 heteroatoms. The average molecular weight is 276 g/mol. The van der Waals surface area contributed by atoms with E-state index in [4.69, 9.17) is 0 Å². The van der Waals surface area contributed by atoms with Crippen LogP contribution in [0.5, 0.6) is 0 Å². The van der Waals surface area contributed by atoms with E-state index in [0.717, 1.165) is 16.2 Å². The van der Waals surface area contributed by atoms with Gasteiger partial charge in [-0.05, 0) is 23.6 Å². The number of hydrogen-bond acceptors (Lipinski definition) is 2. The summed E-state index contributed by atoms with van der Waals surface area (Å²) >= 11 is 1.38. The van der Waals surface area contributed by atoms with Crippen LogP contribution in [0.1, 0.15) is 16.5 Å². The van der Waals surface area contributed by atoms with E-state index in [1.165, 1.54) is 23.5 Å². The van der Waals surface area contributed by atoms with E-state index >= 15 is 0 Å². The molecule has 2 aromatic carbocycles. The Morgan fingerprint density at radius 1 is 1.00 bits per heavy atom. The van der Waals surface area contributed by atoms with E-state index in [2.05, 4.69) is 0 Å². The van der Waals surface area contributed by atoms with Gasteiger partial charge in [0.25, 0.3) is 0 Å². The molecule has 0 aliphatic heterocycles. The molecule has 0 aliphatic rings. The molecule has 3 rings (SSSR count). The Kier molecular flexibility index (Phi) is 3.05. The fraction of sp³-hybridized carbons (Fsp3) is 0.0667. The van der Waals surface area contributed by atoms with E-state index in [9.17, 15) is 13.9 Å². The minimum absolute atomic E-state index is 0.0356. The molecule has 0 amide bonds. The van der Waals surface area contributed by atoms with Crippen molar-refractivity contribution < 1.29 is 13.9 Å². The summed E-state index contributed by atoms with van der Waals surface area (Å²) in [5.74, 6) is -1.94. The largest absolute Gasteiger partial charge is 0.383 e. The molecule has 0 fully saturated rings. The maximum atomic E-state index is 13.7. The van der Waals surface area contributed by atoms with Crippen molar-refractivity contribution in [3.63, 3.8) is 0 Å². The summed E-state index contributed by atoms with van der Waals surface area (Å²) < 4.78 is 27.8. The summed E-state index contributed by atoms with van der Waals surface area (Å²) in [7, 11) is 0. The second-order valence-corrected chi connectivity index (χ2v) is 5.35. The minimum atomic E-state index is -1.15. The normalized spacial score (nSPS) is 12.8. The maximum Gasteiger partial charge on any atom is 0.164 e. The van der Waals surface area contributed by atoms with Crippen molar-refractivity contribution in [2.24, 2.45) is 0 Å². The lowest BCUT2D eigenvalue weighted by atomic mass is 10.1. The molecule has 1 unspecified atom stereocenters. The third-order valence-corrected chi connectivity index (χ3v) is 4.16. The lowest BCUT2D eigenvalue weighted by Crippen LogP contribution is -2.02. The molecule has 0 spiro atoms. The Labute approximate surface area is 112 Å². The van der Waals surface area contributed by atoms with Crippen LogP contribution in [0.25, 0.3) is 10.1 Å². The predicted molar refractivity (Wildman–Crippen MR) is 72.2 cm³/mol. The van der Waals surface area contributed by atoms with Crippen molar-refractivity contribution in [2.45, 2.75) is 6.10 Å². The molecule has 0 saturated heterocycles. The SMILES string of the molecule is OC(c1cc2ccccc2s1)c1cccc(F)c1F. The summed E-state index contributed by atoms with van der Waals surface area (Å²) in [6, 6.07) is 13.3. The molecular formula is C15H10F2OS. The van der Waals surface area contributed by atoms with Crippen molar-refractivity contribution in [3.05, 3.63) is 70.6 Å². The Morgan fingerprint density at radius 3 is 2.58 bits per heavy atom. The van der Waals surface area contributed by atoms with Crippen molar-refractivity contribution in [2.75, 3.05) is 0 Å². The number of rotatable bonds is 2. The van der Waals surface area contributed by atoms with Gasteiger partial charge >= 0.3 is 0 Å². The molecule has 96 valence electrons. The van der Waals surface area contributed by atoms with Gasteiger partial charge in [-0.1, -0.05) is 30.3 Å². The van der Waals surface area contributed by atoms with E-state index in [-0.39, 0.29) is 5.56 Å². The van der Waals surface area contributed by atoms with Crippen LogP contribution < -0.4 is 0 Å². The summed E-state index contributed by atoms with van der Waals surface area (Å²) in [4.78, 5) is 0.603. The fourth-order valence-corrected chi connectivity index (χ4v) is 3.09. The highest BCUT2D eigenvalue weighted by molar-refractivity contribution is 7.19. The molecule has 19 heavy (non-hydrogen) atoms. The van der Waals surface area contributed by atoms with E-state index in [1.807, 2.05) is 24.3 Å². The number of halogens is 2. The van der Waals surface area contributed by atoms with Gasteiger partial charge < -0.3 is 5.11 Å². The molecular weight excluding hydrogens is 266 g/mol. The first-order valence-corrected chi connectivity index (χ1v) is 6.59. The minimum Gasteiger partial charge on any atom is -0.383 e. The van der Waals surface area contributed by atoms with Crippen LogP contribution in [0.15, 0.2) is 48.5 Å².